The van der Waals surface area contributed by atoms with E-state index in [1.807, 2.05) is 0 Å². The largest absolute Gasteiger partial charge is 0.769 e. The van der Waals surface area contributed by atoms with E-state index in [4.69, 9.17) is 15.2 Å². The second kappa shape index (κ2) is 11.4. The molecule has 2 rings (SSSR count). The van der Waals surface area contributed by atoms with E-state index in [1.165, 1.54) is 31.2 Å². The number of halogens is 3. The Bertz CT molecular complexity index is 991. The van der Waals surface area contributed by atoms with Crippen LogP contribution in [0.1, 0.15) is 25.0 Å². The number of alkyl halides is 3. The number of nitrogens with two attached hydrogens (primary N) is 1. The predicted octanol–water partition coefficient (Wildman–Crippen LogP) is 3.69. The van der Waals surface area contributed by atoms with Crippen molar-refractivity contribution in [2.24, 2.45) is 5.73 Å². The number of hydrogen-bond acceptors (Lipinski definition) is 7. The first-order valence-electron chi connectivity index (χ1n) is 8.51. The Balaban J connectivity index is 0.000000861. The molecule has 0 radical (unpaired) electrons. The normalized spacial score (nSPS) is 11.6. The van der Waals surface area contributed by atoms with Crippen molar-refractivity contribution in [3.8, 4) is 22.6 Å². The molecule has 0 heterocycles. The highest BCUT2D eigenvalue weighted by atomic mass is 32.2. The van der Waals surface area contributed by atoms with Crippen LogP contribution in [-0.2, 0) is 33.4 Å². The molecule has 0 fully saturated rings. The Hall–Kier alpha value is -3.02. The predicted molar refractivity (Wildman–Crippen MR) is 107 cm³/mol. The van der Waals surface area contributed by atoms with Gasteiger partial charge in [-0.2, -0.15) is 13.2 Å². The summed E-state index contributed by atoms with van der Waals surface area (Å²) >= 11 is -2.06. The molecule has 2 N–H and O–H groups in total. The quantitative estimate of drug-likeness (QED) is 0.412. The van der Waals surface area contributed by atoms with Gasteiger partial charge in [-0.05, 0) is 57.4 Å². The molecule has 1 atom stereocenters. The van der Waals surface area contributed by atoms with E-state index in [2.05, 4.69) is 6.58 Å². The Morgan fingerprint density at radius 1 is 1.10 bits per heavy atom. The number of benzene rings is 2. The maximum absolute atomic E-state index is 13.0. The third-order valence-corrected chi connectivity index (χ3v) is 3.83. The van der Waals surface area contributed by atoms with Gasteiger partial charge in [-0.1, -0.05) is 18.7 Å². The van der Waals surface area contributed by atoms with E-state index in [0.29, 0.717) is 11.1 Å². The smallest absolute Gasteiger partial charge is 0.416 e. The van der Waals surface area contributed by atoms with Crippen LogP contribution in [0, 0.1) is 0 Å². The first-order valence-corrected chi connectivity index (χ1v) is 9.64. The second-order valence-electron chi connectivity index (χ2n) is 5.85. The molecule has 0 aliphatic heterocycles. The molecule has 1 unspecified atom stereocenters. The third kappa shape index (κ3) is 8.32. The zero-order valence-corrected chi connectivity index (χ0v) is 17.3. The van der Waals surface area contributed by atoms with Gasteiger partial charge < -0.3 is 19.8 Å². The van der Waals surface area contributed by atoms with Gasteiger partial charge in [-0.25, -0.2) is 0 Å². The minimum Gasteiger partial charge on any atom is -0.769 e. The summed E-state index contributed by atoms with van der Waals surface area (Å²) in [5.74, 6) is -1.39. The van der Waals surface area contributed by atoms with Gasteiger partial charge in [0.1, 0.15) is 0 Å². The number of hydrogen-bond donors (Lipinski definition) is 1. The van der Waals surface area contributed by atoms with Crippen molar-refractivity contribution in [3.63, 3.8) is 0 Å². The second-order valence-corrected chi connectivity index (χ2v) is 6.70. The van der Waals surface area contributed by atoms with Gasteiger partial charge in [-0.15, -0.1) is 0 Å². The average molecular weight is 458 g/mol. The van der Waals surface area contributed by atoms with Crippen molar-refractivity contribution >= 4 is 23.0 Å². The molecule has 2 aromatic carbocycles. The summed E-state index contributed by atoms with van der Waals surface area (Å²) in [5, 5.41) is 0.833. The van der Waals surface area contributed by atoms with E-state index >= 15 is 0 Å². The summed E-state index contributed by atoms with van der Waals surface area (Å²) in [6.07, 6.45) is -4.52. The minimum atomic E-state index is -4.52. The summed E-state index contributed by atoms with van der Waals surface area (Å²) in [4.78, 5) is 22.4. The molecule has 31 heavy (non-hydrogen) atoms. The molecule has 0 aliphatic carbocycles. The third-order valence-electron chi connectivity index (χ3n) is 3.56. The van der Waals surface area contributed by atoms with Crippen LogP contribution in [0.15, 0.2) is 48.4 Å². The molecule has 0 spiro atoms. The first kappa shape index (κ1) is 26.0. The molecular formula is C20H19F3NO6S-. The molecular weight excluding hydrogens is 439 g/mol. The van der Waals surface area contributed by atoms with Gasteiger partial charge in [0, 0.05) is 20.4 Å². The Kier molecular flexibility index (Phi) is 9.56. The highest BCUT2D eigenvalue weighted by molar-refractivity contribution is 7.82. The zero-order chi connectivity index (χ0) is 23.8. The molecule has 11 heteroatoms. The first-order chi connectivity index (χ1) is 14.4. The summed E-state index contributed by atoms with van der Waals surface area (Å²) in [5.41, 5.74) is 5.85. The molecule has 0 aromatic heterocycles. The summed E-state index contributed by atoms with van der Waals surface area (Å²) < 4.78 is 67.5. The summed E-state index contributed by atoms with van der Waals surface area (Å²) in [7, 11) is 0. The highest BCUT2D eigenvalue weighted by Gasteiger charge is 2.31. The fraction of sp³-hybridized carbons (Fsp3) is 0.200. The van der Waals surface area contributed by atoms with Crippen LogP contribution < -0.4 is 15.2 Å². The van der Waals surface area contributed by atoms with Crippen LogP contribution in [0.3, 0.4) is 0 Å². The van der Waals surface area contributed by atoms with Gasteiger partial charge in [0.15, 0.2) is 11.5 Å². The van der Waals surface area contributed by atoms with Crippen molar-refractivity contribution in [2.75, 3.05) is 0 Å². The number of carbonyl (C=O) groups is 2. The molecule has 0 saturated heterocycles. The van der Waals surface area contributed by atoms with Crippen molar-refractivity contribution in [3.05, 3.63) is 59.5 Å². The minimum absolute atomic E-state index is 0.0159. The summed E-state index contributed by atoms with van der Waals surface area (Å²) in [6.45, 7) is 5.29. The van der Waals surface area contributed by atoms with Gasteiger partial charge in [0.25, 0.3) is 0 Å². The molecule has 168 valence electrons. The maximum Gasteiger partial charge on any atom is 0.416 e. The van der Waals surface area contributed by atoms with Crippen molar-refractivity contribution in [2.45, 2.75) is 26.6 Å². The number of esters is 2. The standard InChI is InChI=1S/C18H16F3NO4.C2H4O2S/c1-10(23)25-16-6-4-12(7-17(16)26-11(2)24)15-8-14(18(19,20)21)5-3-13(15)9-22;1-2-5(3)4/h3-8H,9,22H2,1-2H3;2H,1H2,(H,3,4)/p-1. The lowest BCUT2D eigenvalue weighted by Crippen LogP contribution is -2.08. The van der Waals surface area contributed by atoms with Crippen LogP contribution in [-0.4, -0.2) is 20.7 Å². The van der Waals surface area contributed by atoms with Crippen LogP contribution in [0.4, 0.5) is 13.2 Å². The van der Waals surface area contributed by atoms with Gasteiger partial charge in [0.05, 0.1) is 5.56 Å². The maximum atomic E-state index is 13.0. The lowest BCUT2D eigenvalue weighted by atomic mass is 9.96. The Morgan fingerprint density at radius 3 is 2.10 bits per heavy atom. The molecule has 7 nitrogen and oxygen atoms in total. The number of rotatable bonds is 5. The summed E-state index contributed by atoms with van der Waals surface area (Å²) in [6, 6.07) is 7.35. The van der Waals surface area contributed by atoms with E-state index < -0.39 is 34.8 Å². The lowest BCUT2D eigenvalue weighted by molar-refractivity contribution is -0.137. The number of ether oxygens (including phenoxy) is 2. The average Bonchev–Trinajstić information content (AvgIpc) is 2.67. The molecule has 0 amide bonds. The monoisotopic (exact) mass is 458 g/mol. The van der Waals surface area contributed by atoms with Crippen molar-refractivity contribution in [1.29, 1.82) is 0 Å². The van der Waals surface area contributed by atoms with Crippen molar-refractivity contribution in [1.82, 2.24) is 0 Å². The van der Waals surface area contributed by atoms with E-state index in [-0.39, 0.29) is 23.6 Å². The van der Waals surface area contributed by atoms with Crippen LogP contribution in [0.5, 0.6) is 11.5 Å². The molecule has 0 aliphatic rings. The molecule has 2 aromatic rings. The highest BCUT2D eigenvalue weighted by Crippen LogP contribution is 2.37. The SMILES string of the molecule is C=CS(=O)[O-].CC(=O)Oc1ccc(-c2cc(C(F)(F)F)ccc2CN)cc1OC(C)=O. The molecule has 0 saturated carbocycles. The van der Waals surface area contributed by atoms with Gasteiger partial charge in [-0.3, -0.25) is 13.8 Å². The lowest BCUT2D eigenvalue weighted by Gasteiger charge is -2.15. The van der Waals surface area contributed by atoms with Crippen LogP contribution >= 0.6 is 0 Å². The zero-order valence-electron chi connectivity index (χ0n) is 16.5. The fourth-order valence-electron chi connectivity index (χ4n) is 2.35. The van der Waals surface area contributed by atoms with Crippen molar-refractivity contribution < 1.29 is 41.0 Å². The number of carbonyl (C=O) groups excluding carboxylic acids is 2. The molecule has 0 bridgehead atoms. The van der Waals surface area contributed by atoms with Gasteiger partial charge in [0.2, 0.25) is 0 Å². The topological polar surface area (TPSA) is 119 Å². The van der Waals surface area contributed by atoms with E-state index in [0.717, 1.165) is 24.5 Å². The van der Waals surface area contributed by atoms with E-state index in [9.17, 15) is 31.5 Å². The Labute approximate surface area is 178 Å². The van der Waals surface area contributed by atoms with Crippen LogP contribution in [0.2, 0.25) is 0 Å². The van der Waals surface area contributed by atoms with E-state index in [1.54, 1.807) is 0 Å². The van der Waals surface area contributed by atoms with Crippen LogP contribution in [0.25, 0.3) is 11.1 Å². The fourth-order valence-corrected chi connectivity index (χ4v) is 2.35. The van der Waals surface area contributed by atoms with Gasteiger partial charge >= 0.3 is 18.1 Å². The Morgan fingerprint density at radius 2 is 1.65 bits per heavy atom.